The maximum Gasteiger partial charge on any atom is 0.269 e. The zero-order valence-corrected chi connectivity index (χ0v) is 11.3. The lowest BCUT2D eigenvalue weighted by atomic mass is 10.00. The minimum absolute atomic E-state index is 0.154. The molecule has 0 aromatic carbocycles. The molecule has 0 bridgehead atoms. The zero-order chi connectivity index (χ0) is 13.1. The van der Waals surface area contributed by atoms with Crippen LogP contribution in [0.1, 0.15) is 19.8 Å². The Labute approximate surface area is 112 Å². The van der Waals surface area contributed by atoms with Crippen molar-refractivity contribution < 1.29 is 0 Å². The zero-order valence-electron chi connectivity index (χ0n) is 10.5. The van der Waals surface area contributed by atoms with Gasteiger partial charge in [0.25, 0.3) is 5.56 Å². The van der Waals surface area contributed by atoms with Gasteiger partial charge in [-0.2, -0.15) is 5.10 Å². The highest BCUT2D eigenvalue weighted by atomic mass is 32.1. The summed E-state index contributed by atoms with van der Waals surface area (Å²) in [6.07, 6.45) is 4.14. The Morgan fingerprint density at radius 1 is 1.67 bits per heavy atom. The first-order valence-corrected chi connectivity index (χ1v) is 6.57. The molecule has 1 aliphatic rings. The summed E-state index contributed by atoms with van der Waals surface area (Å²) in [7, 11) is 0. The summed E-state index contributed by atoms with van der Waals surface area (Å²) < 4.78 is 1.29. The summed E-state index contributed by atoms with van der Waals surface area (Å²) in [4.78, 5) is 14.3. The lowest BCUT2D eigenvalue weighted by molar-refractivity contribution is 0.446. The van der Waals surface area contributed by atoms with Crippen molar-refractivity contribution in [2.75, 3.05) is 18.0 Å². The van der Waals surface area contributed by atoms with Gasteiger partial charge in [-0.1, -0.05) is 19.1 Å². The van der Waals surface area contributed by atoms with Gasteiger partial charge in [0.1, 0.15) is 0 Å². The van der Waals surface area contributed by atoms with Crippen LogP contribution >= 0.6 is 12.2 Å². The maximum atomic E-state index is 11.9. The molecule has 18 heavy (non-hydrogen) atoms. The molecule has 1 atom stereocenters. The van der Waals surface area contributed by atoms with E-state index in [1.54, 1.807) is 12.3 Å². The van der Waals surface area contributed by atoms with E-state index >= 15 is 0 Å². The van der Waals surface area contributed by atoms with E-state index in [0.717, 1.165) is 25.2 Å². The summed E-state index contributed by atoms with van der Waals surface area (Å²) in [5, 5.41) is 4.11. The molecule has 1 aromatic heterocycles. The minimum atomic E-state index is -0.154. The van der Waals surface area contributed by atoms with Gasteiger partial charge in [-0.05, 0) is 18.8 Å². The predicted molar refractivity (Wildman–Crippen MR) is 75.9 cm³/mol. The molecule has 2 heterocycles. The molecular weight excluding hydrogens is 248 g/mol. The summed E-state index contributed by atoms with van der Waals surface area (Å²) in [5.41, 5.74) is 6.15. The highest BCUT2D eigenvalue weighted by Crippen LogP contribution is 2.20. The fourth-order valence-corrected chi connectivity index (χ4v) is 2.41. The van der Waals surface area contributed by atoms with Crippen LogP contribution in [0.15, 0.2) is 17.1 Å². The van der Waals surface area contributed by atoms with Crippen LogP contribution in [0.3, 0.4) is 0 Å². The summed E-state index contributed by atoms with van der Waals surface area (Å²) in [6, 6.07) is 1.61. The number of piperidine rings is 1. The molecule has 1 fully saturated rings. The Bertz CT molecular complexity index is 499. The standard InChI is InChI=1S/C12H18N4OS/c1-9-3-2-4-15(7-9)10-5-12(17)16(14-6-10)8-11(13)18/h5-6,9H,2-4,7-8H2,1H3,(H2,13,18). The van der Waals surface area contributed by atoms with Gasteiger partial charge in [-0.3, -0.25) is 4.79 Å². The van der Waals surface area contributed by atoms with E-state index in [4.69, 9.17) is 18.0 Å². The van der Waals surface area contributed by atoms with Crippen LogP contribution in [0.25, 0.3) is 0 Å². The van der Waals surface area contributed by atoms with E-state index < -0.39 is 0 Å². The Hall–Kier alpha value is -1.43. The van der Waals surface area contributed by atoms with Gasteiger partial charge in [0.15, 0.2) is 0 Å². The van der Waals surface area contributed by atoms with Crippen molar-refractivity contribution in [2.24, 2.45) is 11.7 Å². The molecule has 6 heteroatoms. The molecule has 2 N–H and O–H groups in total. The number of rotatable bonds is 3. The second-order valence-electron chi connectivity index (χ2n) is 4.87. The van der Waals surface area contributed by atoms with Gasteiger partial charge in [0.2, 0.25) is 0 Å². The Kier molecular flexibility index (Phi) is 3.96. The number of anilines is 1. The quantitative estimate of drug-likeness (QED) is 0.819. The van der Waals surface area contributed by atoms with Crippen molar-refractivity contribution in [3.05, 3.63) is 22.6 Å². The second kappa shape index (κ2) is 5.48. The fraction of sp³-hybridized carbons (Fsp3) is 0.583. The molecule has 1 aromatic rings. The first-order valence-electron chi connectivity index (χ1n) is 6.16. The largest absolute Gasteiger partial charge is 0.392 e. The number of nitrogens with two attached hydrogens (primary N) is 1. The summed E-state index contributed by atoms with van der Waals surface area (Å²) in [5.74, 6) is 0.665. The molecule has 0 spiro atoms. The van der Waals surface area contributed by atoms with Crippen molar-refractivity contribution >= 4 is 22.9 Å². The van der Waals surface area contributed by atoms with Crippen molar-refractivity contribution in [3.8, 4) is 0 Å². The van der Waals surface area contributed by atoms with Crippen molar-refractivity contribution in [2.45, 2.75) is 26.3 Å². The normalized spacial score (nSPS) is 19.8. The Balaban J connectivity index is 2.18. The maximum absolute atomic E-state index is 11.9. The molecule has 1 aliphatic heterocycles. The van der Waals surface area contributed by atoms with Crippen LogP contribution in [0, 0.1) is 5.92 Å². The third-order valence-electron chi connectivity index (χ3n) is 3.18. The average molecular weight is 266 g/mol. The minimum Gasteiger partial charge on any atom is -0.392 e. The molecule has 5 nitrogen and oxygen atoms in total. The Morgan fingerprint density at radius 2 is 2.44 bits per heavy atom. The summed E-state index contributed by atoms with van der Waals surface area (Å²) in [6.45, 7) is 4.41. The van der Waals surface area contributed by atoms with E-state index in [-0.39, 0.29) is 17.1 Å². The highest BCUT2D eigenvalue weighted by Gasteiger charge is 2.17. The lowest BCUT2D eigenvalue weighted by Crippen LogP contribution is -2.36. The van der Waals surface area contributed by atoms with Crippen LogP contribution in [0.4, 0.5) is 5.69 Å². The number of hydrogen-bond acceptors (Lipinski definition) is 4. The highest BCUT2D eigenvalue weighted by molar-refractivity contribution is 7.80. The monoisotopic (exact) mass is 266 g/mol. The van der Waals surface area contributed by atoms with E-state index in [1.165, 1.54) is 11.1 Å². The number of nitrogens with zero attached hydrogens (tertiary/aromatic N) is 3. The van der Waals surface area contributed by atoms with Crippen molar-refractivity contribution in [3.63, 3.8) is 0 Å². The molecular formula is C12H18N4OS. The van der Waals surface area contributed by atoms with Gasteiger partial charge < -0.3 is 10.6 Å². The van der Waals surface area contributed by atoms with E-state index in [9.17, 15) is 4.79 Å². The number of thiocarbonyl (C=S) groups is 1. The van der Waals surface area contributed by atoms with Gasteiger partial charge in [-0.15, -0.1) is 0 Å². The van der Waals surface area contributed by atoms with E-state index in [2.05, 4.69) is 16.9 Å². The molecule has 98 valence electrons. The second-order valence-corrected chi connectivity index (χ2v) is 5.39. The lowest BCUT2D eigenvalue weighted by Gasteiger charge is -2.32. The Morgan fingerprint density at radius 3 is 3.06 bits per heavy atom. The first-order chi connectivity index (χ1) is 8.56. The molecule has 0 saturated carbocycles. The molecule has 0 amide bonds. The topological polar surface area (TPSA) is 64.2 Å². The summed E-state index contributed by atoms with van der Waals surface area (Å²) >= 11 is 4.78. The SMILES string of the molecule is CC1CCCN(c2cnn(CC(N)=S)c(=O)c2)C1. The molecule has 0 aliphatic carbocycles. The number of hydrogen-bond donors (Lipinski definition) is 1. The third-order valence-corrected chi connectivity index (χ3v) is 3.31. The van der Waals surface area contributed by atoms with Crippen LogP contribution < -0.4 is 16.2 Å². The average Bonchev–Trinajstić information content (AvgIpc) is 2.31. The van der Waals surface area contributed by atoms with Crippen LogP contribution in [-0.4, -0.2) is 27.9 Å². The number of aromatic nitrogens is 2. The molecule has 2 rings (SSSR count). The van der Waals surface area contributed by atoms with Gasteiger partial charge in [0, 0.05) is 19.2 Å². The van der Waals surface area contributed by atoms with Gasteiger partial charge in [-0.25, -0.2) is 4.68 Å². The predicted octanol–water partition coefficient (Wildman–Crippen LogP) is 0.766. The fourth-order valence-electron chi connectivity index (χ4n) is 2.29. The van der Waals surface area contributed by atoms with Crippen LogP contribution in [0.2, 0.25) is 0 Å². The molecule has 0 radical (unpaired) electrons. The van der Waals surface area contributed by atoms with E-state index in [0.29, 0.717) is 5.92 Å². The van der Waals surface area contributed by atoms with Gasteiger partial charge in [0.05, 0.1) is 23.4 Å². The van der Waals surface area contributed by atoms with E-state index in [1.807, 2.05) is 0 Å². The molecule has 1 unspecified atom stereocenters. The third kappa shape index (κ3) is 3.07. The van der Waals surface area contributed by atoms with Crippen molar-refractivity contribution in [1.29, 1.82) is 0 Å². The van der Waals surface area contributed by atoms with Crippen LogP contribution in [-0.2, 0) is 6.54 Å². The van der Waals surface area contributed by atoms with Crippen molar-refractivity contribution in [1.82, 2.24) is 9.78 Å². The molecule has 1 saturated heterocycles. The van der Waals surface area contributed by atoms with Gasteiger partial charge >= 0.3 is 0 Å². The first kappa shape index (κ1) is 13.0. The smallest absolute Gasteiger partial charge is 0.269 e. The van der Waals surface area contributed by atoms with Crippen LogP contribution in [0.5, 0.6) is 0 Å².